The fourth-order valence-electron chi connectivity index (χ4n) is 1.39. The van der Waals surface area contributed by atoms with E-state index in [-0.39, 0.29) is 10.6 Å². The maximum atomic E-state index is 11.1. The summed E-state index contributed by atoms with van der Waals surface area (Å²) < 4.78 is 0. The molecule has 1 atom stereocenters. The molecule has 0 aliphatic rings. The zero-order chi connectivity index (χ0) is 10.0. The van der Waals surface area contributed by atoms with Crippen molar-refractivity contribution in [2.24, 2.45) is 0 Å². The van der Waals surface area contributed by atoms with Gasteiger partial charge in [0.1, 0.15) is 5.78 Å². The van der Waals surface area contributed by atoms with Crippen LogP contribution in [-0.2, 0) is 4.79 Å². The Morgan fingerprint density at radius 2 is 1.69 bits per heavy atom. The number of hydrogen-bond donors (Lipinski definition) is 0. The molecule has 0 aliphatic heterocycles. The van der Waals surface area contributed by atoms with Gasteiger partial charge in [-0.25, -0.2) is 0 Å². The van der Waals surface area contributed by atoms with Gasteiger partial charge in [0.05, 0.1) is 4.83 Å². The Morgan fingerprint density at radius 1 is 1.23 bits per heavy atom. The molecule has 0 saturated carbocycles. The predicted molar refractivity (Wildman–Crippen MR) is 58.3 cm³/mol. The van der Waals surface area contributed by atoms with Crippen LogP contribution in [0.25, 0.3) is 0 Å². The summed E-state index contributed by atoms with van der Waals surface area (Å²) in [6, 6.07) is 6.17. The Bertz CT molecular complexity index is 311. The molecule has 0 N–H and O–H groups in total. The summed E-state index contributed by atoms with van der Waals surface area (Å²) in [5.41, 5.74) is 3.44. The number of halogens is 1. The Kier molecular flexibility index (Phi) is 3.26. The molecule has 70 valence electrons. The minimum atomic E-state index is -0.161. The van der Waals surface area contributed by atoms with E-state index in [2.05, 4.69) is 22.0 Å². The van der Waals surface area contributed by atoms with Crippen LogP contribution in [-0.4, -0.2) is 5.78 Å². The molecule has 0 aromatic heterocycles. The second-order valence-corrected chi connectivity index (χ2v) is 4.31. The number of rotatable bonds is 2. The highest BCUT2D eigenvalue weighted by Crippen LogP contribution is 2.25. The Balaban J connectivity index is 3.07. The molecule has 1 nitrogen and oxygen atoms in total. The summed E-state index contributed by atoms with van der Waals surface area (Å²) in [6.45, 7) is 5.67. The van der Waals surface area contributed by atoms with E-state index in [0.29, 0.717) is 0 Å². The molecule has 0 saturated heterocycles. The van der Waals surface area contributed by atoms with Gasteiger partial charge in [-0.1, -0.05) is 45.3 Å². The molecular weight excluding hydrogens is 228 g/mol. The number of ketones is 1. The molecule has 1 rings (SSSR count). The number of alkyl halides is 1. The maximum absolute atomic E-state index is 11.1. The molecule has 0 spiro atoms. The van der Waals surface area contributed by atoms with E-state index in [1.54, 1.807) is 6.92 Å². The highest BCUT2D eigenvalue weighted by molar-refractivity contribution is 9.09. The van der Waals surface area contributed by atoms with Crippen molar-refractivity contribution >= 4 is 21.7 Å². The van der Waals surface area contributed by atoms with Crippen LogP contribution in [0.2, 0.25) is 0 Å². The molecule has 0 fully saturated rings. The van der Waals surface area contributed by atoms with E-state index in [4.69, 9.17) is 0 Å². The van der Waals surface area contributed by atoms with Crippen molar-refractivity contribution in [3.63, 3.8) is 0 Å². The zero-order valence-corrected chi connectivity index (χ0v) is 9.68. The van der Waals surface area contributed by atoms with E-state index >= 15 is 0 Å². The van der Waals surface area contributed by atoms with Crippen LogP contribution in [0.15, 0.2) is 18.2 Å². The third-order valence-corrected chi connectivity index (χ3v) is 3.07. The van der Waals surface area contributed by atoms with Gasteiger partial charge in [-0.3, -0.25) is 4.79 Å². The van der Waals surface area contributed by atoms with Crippen molar-refractivity contribution in [1.29, 1.82) is 0 Å². The van der Waals surface area contributed by atoms with Crippen LogP contribution in [0.4, 0.5) is 0 Å². The third kappa shape index (κ3) is 2.66. The first kappa shape index (κ1) is 10.5. The molecular formula is C11H13BrO. The molecule has 1 unspecified atom stereocenters. The van der Waals surface area contributed by atoms with Crippen molar-refractivity contribution in [2.75, 3.05) is 0 Å². The van der Waals surface area contributed by atoms with Gasteiger partial charge in [0.15, 0.2) is 0 Å². The van der Waals surface area contributed by atoms with Crippen LogP contribution in [0, 0.1) is 13.8 Å². The topological polar surface area (TPSA) is 17.1 Å². The van der Waals surface area contributed by atoms with Crippen LogP contribution < -0.4 is 0 Å². The van der Waals surface area contributed by atoms with Gasteiger partial charge in [0, 0.05) is 0 Å². The van der Waals surface area contributed by atoms with Crippen molar-refractivity contribution in [3.05, 3.63) is 34.9 Å². The molecule has 0 aliphatic carbocycles. The molecule has 2 heteroatoms. The van der Waals surface area contributed by atoms with Gasteiger partial charge >= 0.3 is 0 Å². The molecule has 13 heavy (non-hydrogen) atoms. The minimum absolute atomic E-state index is 0.144. The molecule has 0 heterocycles. The number of carbonyl (C=O) groups excluding carboxylic acids is 1. The van der Waals surface area contributed by atoms with Gasteiger partial charge in [-0.15, -0.1) is 0 Å². The van der Waals surface area contributed by atoms with Gasteiger partial charge in [0.25, 0.3) is 0 Å². The van der Waals surface area contributed by atoms with Crippen molar-refractivity contribution < 1.29 is 4.79 Å². The van der Waals surface area contributed by atoms with E-state index < -0.39 is 0 Å². The quantitative estimate of drug-likeness (QED) is 0.726. The normalized spacial score (nSPS) is 12.6. The number of benzene rings is 1. The summed E-state index contributed by atoms with van der Waals surface area (Å²) in [5.74, 6) is 0.144. The Labute approximate surface area is 87.3 Å². The maximum Gasteiger partial charge on any atom is 0.147 e. The minimum Gasteiger partial charge on any atom is -0.298 e. The predicted octanol–water partition coefficient (Wildman–Crippen LogP) is 3.33. The average Bonchev–Trinajstić information content (AvgIpc) is 2.01. The summed E-state index contributed by atoms with van der Waals surface area (Å²) in [5, 5.41) is 0. The Hall–Kier alpha value is -0.630. The van der Waals surface area contributed by atoms with E-state index in [1.165, 1.54) is 11.1 Å². The number of carbonyl (C=O) groups is 1. The first-order chi connectivity index (χ1) is 6.00. The smallest absolute Gasteiger partial charge is 0.147 e. The molecule has 0 amide bonds. The van der Waals surface area contributed by atoms with Crippen molar-refractivity contribution in [1.82, 2.24) is 0 Å². The number of hydrogen-bond acceptors (Lipinski definition) is 1. The van der Waals surface area contributed by atoms with Crippen LogP contribution in [0.5, 0.6) is 0 Å². The lowest BCUT2D eigenvalue weighted by molar-refractivity contribution is -0.116. The van der Waals surface area contributed by atoms with Crippen molar-refractivity contribution in [2.45, 2.75) is 25.6 Å². The summed E-state index contributed by atoms with van der Waals surface area (Å²) in [6.07, 6.45) is 0. The summed E-state index contributed by atoms with van der Waals surface area (Å²) in [7, 11) is 0. The van der Waals surface area contributed by atoms with Gasteiger partial charge in [0.2, 0.25) is 0 Å². The fourth-order valence-corrected chi connectivity index (χ4v) is 1.66. The monoisotopic (exact) mass is 240 g/mol. The lowest BCUT2D eigenvalue weighted by atomic mass is 10.0. The largest absolute Gasteiger partial charge is 0.298 e. The highest BCUT2D eigenvalue weighted by Gasteiger charge is 2.12. The first-order valence-corrected chi connectivity index (χ1v) is 5.15. The van der Waals surface area contributed by atoms with E-state index in [9.17, 15) is 4.79 Å². The SMILES string of the molecule is CC(=O)C(Br)c1cc(C)cc(C)c1. The molecule has 1 aromatic rings. The fraction of sp³-hybridized carbons (Fsp3) is 0.364. The highest BCUT2D eigenvalue weighted by atomic mass is 79.9. The zero-order valence-electron chi connectivity index (χ0n) is 8.10. The van der Waals surface area contributed by atoms with Crippen LogP contribution >= 0.6 is 15.9 Å². The standard InChI is InChI=1S/C11H13BrO/c1-7-4-8(2)6-10(5-7)11(12)9(3)13/h4-6,11H,1-3H3. The molecule has 1 aromatic carbocycles. The van der Waals surface area contributed by atoms with Gasteiger partial charge in [-0.2, -0.15) is 0 Å². The average molecular weight is 241 g/mol. The summed E-state index contributed by atoms with van der Waals surface area (Å²) in [4.78, 5) is 11.0. The summed E-state index contributed by atoms with van der Waals surface area (Å²) >= 11 is 3.37. The van der Waals surface area contributed by atoms with Crippen LogP contribution in [0.1, 0.15) is 28.4 Å². The number of aryl methyl sites for hydroxylation is 2. The number of Topliss-reactive ketones (excluding diaryl/α,β-unsaturated/α-hetero) is 1. The van der Waals surface area contributed by atoms with Gasteiger partial charge in [-0.05, 0) is 26.3 Å². The van der Waals surface area contributed by atoms with E-state index in [0.717, 1.165) is 5.56 Å². The van der Waals surface area contributed by atoms with E-state index in [1.807, 2.05) is 26.0 Å². The first-order valence-electron chi connectivity index (χ1n) is 4.23. The second-order valence-electron chi connectivity index (χ2n) is 3.39. The second kappa shape index (κ2) is 4.05. The van der Waals surface area contributed by atoms with Crippen LogP contribution in [0.3, 0.4) is 0 Å². The third-order valence-electron chi connectivity index (χ3n) is 1.89. The lowest BCUT2D eigenvalue weighted by Crippen LogP contribution is -2.01. The Morgan fingerprint density at radius 3 is 2.08 bits per heavy atom. The molecule has 0 radical (unpaired) electrons. The van der Waals surface area contributed by atoms with Gasteiger partial charge < -0.3 is 0 Å². The molecule has 0 bridgehead atoms. The lowest BCUT2D eigenvalue weighted by Gasteiger charge is -2.08. The van der Waals surface area contributed by atoms with Crippen molar-refractivity contribution in [3.8, 4) is 0 Å².